The Kier molecular flexibility index (Phi) is 5.67. The number of anilines is 1. The fourth-order valence-corrected chi connectivity index (χ4v) is 2.26. The number of nitro benzene ring substituents is 1. The minimum absolute atomic E-state index is 0.0297. The highest BCUT2D eigenvalue weighted by Crippen LogP contribution is 2.25. The predicted molar refractivity (Wildman–Crippen MR) is 94.8 cm³/mol. The first-order valence-corrected chi connectivity index (χ1v) is 7.40. The van der Waals surface area contributed by atoms with Crippen LogP contribution in [0.4, 0.5) is 11.4 Å². The Balaban J connectivity index is 2.10. The van der Waals surface area contributed by atoms with Gasteiger partial charge >= 0.3 is 0 Å². The van der Waals surface area contributed by atoms with Crippen molar-refractivity contribution in [2.75, 3.05) is 12.4 Å². The quantitative estimate of drug-likeness (QED) is 0.490. The van der Waals surface area contributed by atoms with E-state index in [2.05, 4.69) is 10.6 Å². The van der Waals surface area contributed by atoms with Gasteiger partial charge in [-0.3, -0.25) is 20.2 Å². The van der Waals surface area contributed by atoms with Crippen molar-refractivity contribution >= 4 is 46.2 Å². The lowest BCUT2D eigenvalue weighted by molar-refractivity contribution is -0.384. The molecule has 0 aliphatic rings. The number of halogens is 1. The number of benzene rings is 2. The lowest BCUT2D eigenvalue weighted by Crippen LogP contribution is -2.34. The summed E-state index contributed by atoms with van der Waals surface area (Å²) in [5, 5.41) is 16.1. The molecule has 24 heavy (non-hydrogen) atoms. The predicted octanol–water partition coefficient (Wildman–Crippen LogP) is 3.38. The van der Waals surface area contributed by atoms with Crippen molar-refractivity contribution in [1.29, 1.82) is 0 Å². The number of ether oxygens (including phenoxy) is 1. The van der Waals surface area contributed by atoms with E-state index in [1.165, 1.54) is 19.2 Å². The second-order valence-corrected chi connectivity index (χ2v) is 5.35. The Morgan fingerprint density at radius 1 is 1.29 bits per heavy atom. The molecular weight excluding hydrogens is 354 g/mol. The molecule has 1 amide bonds. The first-order valence-electron chi connectivity index (χ1n) is 6.61. The molecule has 2 aromatic carbocycles. The topological polar surface area (TPSA) is 93.5 Å². The zero-order chi connectivity index (χ0) is 17.7. The maximum absolute atomic E-state index is 12.2. The van der Waals surface area contributed by atoms with E-state index in [-0.39, 0.29) is 21.4 Å². The number of carbonyl (C=O) groups excluding carboxylic acids is 1. The fourth-order valence-electron chi connectivity index (χ4n) is 1.87. The van der Waals surface area contributed by atoms with Crippen LogP contribution in [0, 0.1) is 10.1 Å². The molecule has 2 aromatic rings. The third kappa shape index (κ3) is 4.18. The molecule has 0 aliphatic carbocycles. The van der Waals surface area contributed by atoms with Crippen LogP contribution in [0.5, 0.6) is 5.75 Å². The molecule has 0 aliphatic heterocycles. The summed E-state index contributed by atoms with van der Waals surface area (Å²) in [5.74, 6) is -0.0432. The van der Waals surface area contributed by atoms with Crippen molar-refractivity contribution < 1.29 is 14.5 Å². The largest absolute Gasteiger partial charge is 0.495 e. The molecule has 0 bridgehead atoms. The van der Waals surface area contributed by atoms with Crippen molar-refractivity contribution in [3.8, 4) is 5.75 Å². The van der Waals surface area contributed by atoms with Gasteiger partial charge in [0.25, 0.3) is 11.6 Å². The maximum atomic E-state index is 12.2. The molecule has 0 atom stereocenters. The van der Waals surface area contributed by atoms with Gasteiger partial charge in [0.05, 0.1) is 17.7 Å². The normalized spacial score (nSPS) is 9.92. The number of rotatable bonds is 4. The van der Waals surface area contributed by atoms with E-state index in [9.17, 15) is 14.9 Å². The van der Waals surface area contributed by atoms with Crippen LogP contribution in [0.1, 0.15) is 10.4 Å². The highest BCUT2D eigenvalue weighted by Gasteiger charge is 2.17. The van der Waals surface area contributed by atoms with Crippen molar-refractivity contribution in [3.63, 3.8) is 0 Å². The van der Waals surface area contributed by atoms with E-state index >= 15 is 0 Å². The monoisotopic (exact) mass is 365 g/mol. The number of hydrogen-bond donors (Lipinski definition) is 2. The summed E-state index contributed by atoms with van der Waals surface area (Å²) in [6.07, 6.45) is 0. The van der Waals surface area contributed by atoms with E-state index in [0.717, 1.165) is 6.07 Å². The Hall–Kier alpha value is -2.71. The summed E-state index contributed by atoms with van der Waals surface area (Å²) in [6, 6.07) is 10.8. The van der Waals surface area contributed by atoms with Gasteiger partial charge in [0, 0.05) is 11.6 Å². The smallest absolute Gasteiger partial charge is 0.288 e. The fraction of sp³-hybridized carbons (Fsp3) is 0.0667. The van der Waals surface area contributed by atoms with Crippen molar-refractivity contribution in [2.45, 2.75) is 0 Å². The standard InChI is InChI=1S/C15H12ClN3O4S/c1-23-13-5-3-2-4-11(13)17-15(24)18-14(20)9-6-7-10(16)12(8-9)19(21)22/h2-8H,1H3,(H2,17,18,20,24). The van der Waals surface area contributed by atoms with Gasteiger partial charge in [-0.15, -0.1) is 0 Å². The van der Waals surface area contributed by atoms with E-state index in [4.69, 9.17) is 28.6 Å². The van der Waals surface area contributed by atoms with Gasteiger partial charge in [-0.1, -0.05) is 23.7 Å². The summed E-state index contributed by atoms with van der Waals surface area (Å²) >= 11 is 10.8. The minimum Gasteiger partial charge on any atom is -0.495 e. The first kappa shape index (κ1) is 17.6. The molecule has 2 rings (SSSR count). The molecule has 0 radical (unpaired) electrons. The van der Waals surface area contributed by atoms with Gasteiger partial charge in [0.15, 0.2) is 5.11 Å². The van der Waals surface area contributed by atoms with Crippen LogP contribution in [0.3, 0.4) is 0 Å². The molecule has 9 heteroatoms. The maximum Gasteiger partial charge on any atom is 0.288 e. The highest BCUT2D eigenvalue weighted by atomic mass is 35.5. The number of carbonyl (C=O) groups is 1. The Morgan fingerprint density at radius 3 is 2.67 bits per heavy atom. The number of nitrogens with zero attached hydrogens (tertiary/aromatic N) is 1. The average molecular weight is 366 g/mol. The van der Waals surface area contributed by atoms with E-state index in [0.29, 0.717) is 11.4 Å². The van der Waals surface area contributed by atoms with Crippen LogP contribution < -0.4 is 15.4 Å². The molecule has 0 saturated heterocycles. The lowest BCUT2D eigenvalue weighted by Gasteiger charge is -2.12. The summed E-state index contributed by atoms with van der Waals surface area (Å²) < 4.78 is 5.17. The van der Waals surface area contributed by atoms with Gasteiger partial charge in [0.1, 0.15) is 10.8 Å². The molecule has 124 valence electrons. The summed E-state index contributed by atoms with van der Waals surface area (Å²) in [4.78, 5) is 22.4. The summed E-state index contributed by atoms with van der Waals surface area (Å²) in [5.41, 5.74) is 0.288. The van der Waals surface area contributed by atoms with Crippen LogP contribution in [0.2, 0.25) is 5.02 Å². The molecule has 2 N–H and O–H groups in total. The lowest BCUT2D eigenvalue weighted by atomic mass is 10.2. The molecule has 0 fully saturated rings. The van der Waals surface area contributed by atoms with Crippen LogP contribution in [0.25, 0.3) is 0 Å². The molecule has 0 unspecified atom stereocenters. The molecule has 0 aromatic heterocycles. The number of thiocarbonyl (C=S) groups is 1. The van der Waals surface area contributed by atoms with Gasteiger partial charge < -0.3 is 10.1 Å². The van der Waals surface area contributed by atoms with Crippen molar-refractivity contribution in [3.05, 3.63) is 63.2 Å². The van der Waals surface area contributed by atoms with Crippen LogP contribution in [-0.2, 0) is 0 Å². The number of para-hydroxylation sites is 2. The number of hydrogen-bond acceptors (Lipinski definition) is 5. The SMILES string of the molecule is COc1ccccc1NC(=S)NC(=O)c1ccc(Cl)c([N+](=O)[O-])c1. The number of methoxy groups -OCH3 is 1. The van der Waals surface area contributed by atoms with E-state index in [1.807, 2.05) is 0 Å². The molecule has 7 nitrogen and oxygen atoms in total. The van der Waals surface area contributed by atoms with E-state index < -0.39 is 10.8 Å². The zero-order valence-electron chi connectivity index (χ0n) is 12.4. The number of nitro groups is 1. The molecule has 0 saturated carbocycles. The molecular formula is C15H12ClN3O4S. The third-order valence-electron chi connectivity index (χ3n) is 2.99. The minimum atomic E-state index is -0.662. The van der Waals surface area contributed by atoms with Crippen LogP contribution >= 0.6 is 23.8 Å². The van der Waals surface area contributed by atoms with Crippen LogP contribution in [0.15, 0.2) is 42.5 Å². The van der Waals surface area contributed by atoms with Gasteiger partial charge in [0.2, 0.25) is 0 Å². The van der Waals surface area contributed by atoms with E-state index in [1.54, 1.807) is 24.3 Å². The van der Waals surface area contributed by atoms with Crippen molar-refractivity contribution in [1.82, 2.24) is 5.32 Å². The van der Waals surface area contributed by atoms with Gasteiger partial charge in [-0.2, -0.15) is 0 Å². The number of amides is 1. The Bertz CT molecular complexity index is 813. The second-order valence-electron chi connectivity index (χ2n) is 4.53. The number of nitrogens with one attached hydrogen (secondary N) is 2. The molecule has 0 spiro atoms. The second kappa shape index (κ2) is 7.71. The average Bonchev–Trinajstić information content (AvgIpc) is 2.55. The van der Waals surface area contributed by atoms with Crippen molar-refractivity contribution in [2.24, 2.45) is 0 Å². The zero-order valence-corrected chi connectivity index (χ0v) is 14.0. The third-order valence-corrected chi connectivity index (χ3v) is 3.51. The highest BCUT2D eigenvalue weighted by molar-refractivity contribution is 7.80. The molecule has 0 heterocycles. The van der Waals surface area contributed by atoms with Gasteiger partial charge in [-0.25, -0.2) is 0 Å². The summed E-state index contributed by atoms with van der Waals surface area (Å²) in [7, 11) is 1.51. The Labute approximate surface area is 147 Å². The van der Waals surface area contributed by atoms with Crippen LogP contribution in [-0.4, -0.2) is 23.1 Å². The van der Waals surface area contributed by atoms with Gasteiger partial charge in [-0.05, 0) is 36.5 Å². The first-order chi connectivity index (χ1) is 11.4. The summed E-state index contributed by atoms with van der Waals surface area (Å²) in [6.45, 7) is 0. The Morgan fingerprint density at radius 2 is 2.00 bits per heavy atom.